The maximum atomic E-state index is 5.95. The van der Waals surface area contributed by atoms with Crippen molar-refractivity contribution in [3.8, 4) is 0 Å². The van der Waals surface area contributed by atoms with E-state index in [1.54, 1.807) is 0 Å². The molecule has 4 heteroatoms. The maximum Gasteiger partial charge on any atom is 0.169 e. The number of hydrogen-bond donors (Lipinski definition) is 1. The van der Waals surface area contributed by atoms with E-state index in [0.717, 1.165) is 40.1 Å². The molecule has 2 heterocycles. The van der Waals surface area contributed by atoms with Crippen molar-refractivity contribution in [1.29, 1.82) is 0 Å². The quantitative estimate of drug-likeness (QED) is 0.723. The molecule has 3 aromatic rings. The van der Waals surface area contributed by atoms with Gasteiger partial charge in [0.1, 0.15) is 23.1 Å². The fourth-order valence-corrected chi connectivity index (χ4v) is 2.58. The van der Waals surface area contributed by atoms with Gasteiger partial charge in [-0.05, 0) is 53.2 Å². The Kier molecular flexibility index (Phi) is 3.94. The highest BCUT2D eigenvalue weighted by Gasteiger charge is 2.21. The summed E-state index contributed by atoms with van der Waals surface area (Å²) in [6.07, 6.45) is 1.05. The molecule has 1 atom stereocenters. The first-order valence-electron chi connectivity index (χ1n) is 6.75. The summed E-state index contributed by atoms with van der Waals surface area (Å²) in [5.41, 5.74) is 0.899. The molecule has 0 spiro atoms. The number of rotatable bonds is 5. The molecule has 0 saturated carbocycles. The first kappa shape index (κ1) is 13.5. The Hall–Kier alpha value is -1.52. The minimum atomic E-state index is -0.0614. The van der Waals surface area contributed by atoms with E-state index in [4.69, 9.17) is 8.83 Å². The first-order valence-corrected chi connectivity index (χ1v) is 7.54. The molecule has 0 aliphatic heterocycles. The number of para-hydroxylation sites is 1. The predicted molar refractivity (Wildman–Crippen MR) is 82.8 cm³/mol. The Bertz CT molecular complexity index is 668. The van der Waals surface area contributed by atoms with E-state index in [2.05, 4.69) is 40.3 Å². The zero-order valence-corrected chi connectivity index (χ0v) is 12.8. The molecule has 1 N–H and O–H groups in total. The second kappa shape index (κ2) is 5.85. The fraction of sp³-hybridized carbons (Fsp3) is 0.250. The average molecular weight is 334 g/mol. The molecule has 0 fully saturated rings. The third kappa shape index (κ3) is 2.67. The summed E-state index contributed by atoms with van der Waals surface area (Å²) in [7, 11) is 0. The average Bonchev–Trinajstić information content (AvgIpc) is 3.05. The van der Waals surface area contributed by atoms with Gasteiger partial charge >= 0.3 is 0 Å². The highest BCUT2D eigenvalue weighted by Crippen LogP contribution is 2.30. The van der Waals surface area contributed by atoms with Gasteiger partial charge in [0, 0.05) is 5.39 Å². The van der Waals surface area contributed by atoms with E-state index < -0.39 is 0 Å². The lowest BCUT2D eigenvalue weighted by atomic mass is 10.1. The lowest BCUT2D eigenvalue weighted by Gasteiger charge is -2.13. The summed E-state index contributed by atoms with van der Waals surface area (Å²) < 4.78 is 12.4. The van der Waals surface area contributed by atoms with Crippen molar-refractivity contribution in [1.82, 2.24) is 5.32 Å². The van der Waals surface area contributed by atoms with Crippen LogP contribution in [0, 0.1) is 0 Å². The summed E-state index contributed by atoms with van der Waals surface area (Å²) in [6, 6.07) is 13.9. The van der Waals surface area contributed by atoms with Crippen LogP contribution in [0.1, 0.15) is 30.9 Å². The van der Waals surface area contributed by atoms with Gasteiger partial charge in [-0.2, -0.15) is 0 Å². The van der Waals surface area contributed by atoms with Crippen LogP contribution in [0.25, 0.3) is 11.0 Å². The van der Waals surface area contributed by atoms with Crippen molar-refractivity contribution in [2.75, 3.05) is 6.54 Å². The monoisotopic (exact) mass is 333 g/mol. The molecule has 0 aliphatic rings. The van der Waals surface area contributed by atoms with Crippen molar-refractivity contribution in [3.05, 3.63) is 58.7 Å². The summed E-state index contributed by atoms with van der Waals surface area (Å²) in [5.74, 6) is 1.73. The highest BCUT2D eigenvalue weighted by molar-refractivity contribution is 9.10. The van der Waals surface area contributed by atoms with Gasteiger partial charge in [0.05, 0.1) is 0 Å². The van der Waals surface area contributed by atoms with Gasteiger partial charge < -0.3 is 14.2 Å². The lowest BCUT2D eigenvalue weighted by molar-refractivity contribution is 0.391. The van der Waals surface area contributed by atoms with Crippen LogP contribution < -0.4 is 5.32 Å². The molecule has 2 aromatic heterocycles. The van der Waals surface area contributed by atoms with Crippen molar-refractivity contribution in [2.24, 2.45) is 0 Å². The first-order chi connectivity index (χ1) is 9.78. The van der Waals surface area contributed by atoms with E-state index in [-0.39, 0.29) is 6.04 Å². The molecule has 0 radical (unpaired) electrons. The predicted octanol–water partition coefficient (Wildman–Crippen LogP) is 4.88. The molecule has 0 aliphatic carbocycles. The topological polar surface area (TPSA) is 38.3 Å². The minimum absolute atomic E-state index is 0.0614. The number of furan rings is 2. The second-order valence-corrected chi connectivity index (χ2v) is 5.50. The Morgan fingerprint density at radius 3 is 2.65 bits per heavy atom. The van der Waals surface area contributed by atoms with E-state index in [1.807, 2.05) is 30.3 Å². The van der Waals surface area contributed by atoms with Crippen LogP contribution >= 0.6 is 15.9 Å². The molecule has 0 amide bonds. The van der Waals surface area contributed by atoms with E-state index in [9.17, 15) is 0 Å². The third-order valence-electron chi connectivity index (χ3n) is 3.21. The molecule has 3 nitrogen and oxygen atoms in total. The second-order valence-electron chi connectivity index (χ2n) is 4.72. The van der Waals surface area contributed by atoms with Gasteiger partial charge in [0.25, 0.3) is 0 Å². The van der Waals surface area contributed by atoms with E-state index in [1.165, 1.54) is 0 Å². The largest absolute Gasteiger partial charge is 0.459 e. The molecule has 20 heavy (non-hydrogen) atoms. The van der Waals surface area contributed by atoms with Gasteiger partial charge in [0.2, 0.25) is 0 Å². The Balaban J connectivity index is 1.99. The van der Waals surface area contributed by atoms with Gasteiger partial charge in [-0.1, -0.05) is 25.1 Å². The van der Waals surface area contributed by atoms with Crippen LogP contribution in [0.3, 0.4) is 0 Å². The van der Waals surface area contributed by atoms with Crippen LogP contribution in [0.5, 0.6) is 0 Å². The number of fused-ring (bicyclic) bond motifs is 1. The minimum Gasteiger partial charge on any atom is -0.459 e. The van der Waals surface area contributed by atoms with Crippen molar-refractivity contribution >= 4 is 26.9 Å². The van der Waals surface area contributed by atoms with E-state index in [0.29, 0.717) is 0 Å². The standard InChI is InChI=1S/C16H16BrNO2/c1-2-9-18-16(13-7-8-15(17)20-13)14-10-11-5-3-4-6-12(11)19-14/h3-8,10,16,18H,2,9H2,1H3. The molecular formula is C16H16BrNO2. The van der Waals surface area contributed by atoms with Crippen LogP contribution in [0.15, 0.2) is 56.0 Å². The smallest absolute Gasteiger partial charge is 0.169 e. The number of halogens is 1. The van der Waals surface area contributed by atoms with Gasteiger partial charge in [0.15, 0.2) is 4.67 Å². The van der Waals surface area contributed by atoms with Crippen molar-refractivity contribution in [3.63, 3.8) is 0 Å². The maximum absolute atomic E-state index is 5.95. The summed E-state index contributed by atoms with van der Waals surface area (Å²) in [6.45, 7) is 3.04. The summed E-state index contributed by atoms with van der Waals surface area (Å²) in [5, 5.41) is 4.58. The van der Waals surface area contributed by atoms with E-state index >= 15 is 0 Å². The fourth-order valence-electron chi connectivity index (χ4n) is 2.26. The third-order valence-corrected chi connectivity index (χ3v) is 3.63. The van der Waals surface area contributed by atoms with Crippen LogP contribution in [0.2, 0.25) is 0 Å². The molecule has 1 unspecified atom stereocenters. The summed E-state index contributed by atoms with van der Waals surface area (Å²) in [4.78, 5) is 0. The van der Waals surface area contributed by atoms with Crippen molar-refractivity contribution < 1.29 is 8.83 Å². The van der Waals surface area contributed by atoms with Crippen LogP contribution in [0.4, 0.5) is 0 Å². The summed E-state index contributed by atoms with van der Waals surface area (Å²) >= 11 is 3.35. The normalized spacial score (nSPS) is 12.9. The van der Waals surface area contributed by atoms with Gasteiger partial charge in [-0.15, -0.1) is 0 Å². The Morgan fingerprint density at radius 1 is 1.10 bits per heavy atom. The zero-order chi connectivity index (χ0) is 13.9. The number of nitrogens with one attached hydrogen (secondary N) is 1. The Labute approximate surface area is 126 Å². The number of hydrogen-bond acceptors (Lipinski definition) is 3. The van der Waals surface area contributed by atoms with Gasteiger partial charge in [-0.25, -0.2) is 0 Å². The molecule has 3 rings (SSSR count). The SMILES string of the molecule is CCCNC(c1ccc(Br)o1)c1cc2ccccc2o1. The molecule has 0 bridgehead atoms. The number of benzene rings is 1. The molecule has 0 saturated heterocycles. The van der Waals surface area contributed by atoms with Gasteiger partial charge in [-0.3, -0.25) is 0 Å². The molecule has 104 valence electrons. The zero-order valence-electron chi connectivity index (χ0n) is 11.2. The molecular weight excluding hydrogens is 318 g/mol. The van der Waals surface area contributed by atoms with Crippen LogP contribution in [-0.2, 0) is 0 Å². The highest BCUT2D eigenvalue weighted by atomic mass is 79.9. The van der Waals surface area contributed by atoms with Crippen LogP contribution in [-0.4, -0.2) is 6.54 Å². The Morgan fingerprint density at radius 2 is 1.95 bits per heavy atom. The van der Waals surface area contributed by atoms with Crippen molar-refractivity contribution in [2.45, 2.75) is 19.4 Å². The molecule has 1 aromatic carbocycles. The lowest BCUT2D eigenvalue weighted by Crippen LogP contribution is -2.22.